The fourth-order valence-corrected chi connectivity index (χ4v) is 1.77. The van der Waals surface area contributed by atoms with Crippen molar-refractivity contribution in [2.24, 2.45) is 0 Å². The van der Waals surface area contributed by atoms with E-state index in [-0.39, 0.29) is 5.91 Å². The molecule has 0 fully saturated rings. The SMILES string of the molecule is Cc1cccc(NC(=O)c2cscn2)c1. The molecule has 15 heavy (non-hydrogen) atoms. The topological polar surface area (TPSA) is 42.0 Å². The lowest BCUT2D eigenvalue weighted by Gasteiger charge is -2.03. The van der Waals surface area contributed by atoms with Crippen LogP contribution in [-0.4, -0.2) is 10.9 Å². The number of nitrogens with zero attached hydrogens (tertiary/aromatic N) is 1. The van der Waals surface area contributed by atoms with Gasteiger partial charge in [0.15, 0.2) is 0 Å². The zero-order valence-corrected chi connectivity index (χ0v) is 9.04. The average molecular weight is 218 g/mol. The molecule has 1 amide bonds. The number of hydrogen-bond donors (Lipinski definition) is 1. The monoisotopic (exact) mass is 218 g/mol. The van der Waals surface area contributed by atoms with Gasteiger partial charge in [-0.2, -0.15) is 0 Å². The van der Waals surface area contributed by atoms with E-state index in [9.17, 15) is 4.79 Å². The van der Waals surface area contributed by atoms with Crippen LogP contribution in [0.5, 0.6) is 0 Å². The third-order valence-corrected chi connectivity index (χ3v) is 2.53. The molecule has 0 bridgehead atoms. The Balaban J connectivity index is 2.13. The van der Waals surface area contributed by atoms with Gasteiger partial charge in [-0.1, -0.05) is 12.1 Å². The van der Waals surface area contributed by atoms with E-state index in [1.165, 1.54) is 11.3 Å². The highest BCUT2D eigenvalue weighted by molar-refractivity contribution is 7.07. The van der Waals surface area contributed by atoms with Crippen molar-refractivity contribution < 1.29 is 4.79 Å². The minimum Gasteiger partial charge on any atom is -0.321 e. The summed E-state index contributed by atoms with van der Waals surface area (Å²) in [5, 5.41) is 4.52. The maximum Gasteiger partial charge on any atom is 0.275 e. The summed E-state index contributed by atoms with van der Waals surface area (Å²) in [6, 6.07) is 7.67. The molecule has 0 aliphatic heterocycles. The molecule has 76 valence electrons. The van der Waals surface area contributed by atoms with Crippen LogP contribution < -0.4 is 5.32 Å². The molecule has 0 saturated carbocycles. The second kappa shape index (κ2) is 4.23. The predicted molar refractivity (Wildman–Crippen MR) is 61.2 cm³/mol. The number of benzene rings is 1. The molecule has 2 rings (SSSR count). The van der Waals surface area contributed by atoms with E-state index in [1.54, 1.807) is 10.9 Å². The minimum absolute atomic E-state index is 0.165. The number of aryl methyl sites for hydroxylation is 1. The third kappa shape index (κ3) is 2.41. The molecular formula is C11H10N2OS. The van der Waals surface area contributed by atoms with Crippen LogP contribution in [0.4, 0.5) is 5.69 Å². The molecule has 0 spiro atoms. The molecule has 0 saturated heterocycles. The van der Waals surface area contributed by atoms with Crippen LogP contribution >= 0.6 is 11.3 Å². The van der Waals surface area contributed by atoms with Crippen molar-refractivity contribution >= 4 is 22.9 Å². The second-order valence-corrected chi connectivity index (χ2v) is 3.92. The smallest absolute Gasteiger partial charge is 0.275 e. The molecule has 0 atom stereocenters. The van der Waals surface area contributed by atoms with E-state index in [2.05, 4.69) is 10.3 Å². The molecule has 2 aromatic rings. The summed E-state index contributed by atoms with van der Waals surface area (Å²) in [5.41, 5.74) is 4.02. The number of nitrogens with one attached hydrogen (secondary N) is 1. The lowest BCUT2D eigenvalue weighted by Crippen LogP contribution is -2.11. The predicted octanol–water partition coefficient (Wildman–Crippen LogP) is 2.70. The zero-order valence-electron chi connectivity index (χ0n) is 8.23. The normalized spacial score (nSPS) is 9.93. The summed E-state index contributed by atoms with van der Waals surface area (Å²) in [6.45, 7) is 1.98. The first kappa shape index (κ1) is 9.86. The van der Waals surface area contributed by atoms with Crippen LogP contribution in [0.15, 0.2) is 35.2 Å². The standard InChI is InChI=1S/C11H10N2OS/c1-8-3-2-4-9(5-8)13-11(14)10-6-15-7-12-10/h2-7H,1H3,(H,13,14). The quantitative estimate of drug-likeness (QED) is 0.842. The first-order chi connectivity index (χ1) is 7.25. The van der Waals surface area contributed by atoms with Crippen LogP contribution in [0.3, 0.4) is 0 Å². The lowest BCUT2D eigenvalue weighted by atomic mass is 10.2. The number of carbonyl (C=O) groups excluding carboxylic acids is 1. The highest BCUT2D eigenvalue weighted by Crippen LogP contribution is 2.11. The number of hydrogen-bond acceptors (Lipinski definition) is 3. The van der Waals surface area contributed by atoms with Gasteiger partial charge < -0.3 is 5.32 Å². The number of aromatic nitrogens is 1. The van der Waals surface area contributed by atoms with Crippen LogP contribution in [0, 0.1) is 6.92 Å². The Hall–Kier alpha value is -1.68. The average Bonchev–Trinajstić information content (AvgIpc) is 2.70. The Bertz CT molecular complexity index is 465. The molecule has 0 aliphatic rings. The molecule has 3 nitrogen and oxygen atoms in total. The van der Waals surface area contributed by atoms with E-state index < -0.39 is 0 Å². The molecule has 0 unspecified atom stereocenters. The van der Waals surface area contributed by atoms with Gasteiger partial charge in [0.25, 0.3) is 5.91 Å². The van der Waals surface area contributed by atoms with Crippen LogP contribution in [0.1, 0.15) is 16.1 Å². The Morgan fingerprint density at radius 1 is 1.47 bits per heavy atom. The highest BCUT2D eigenvalue weighted by atomic mass is 32.1. The zero-order chi connectivity index (χ0) is 10.7. The van der Waals surface area contributed by atoms with Gasteiger partial charge in [-0.25, -0.2) is 4.98 Å². The molecular weight excluding hydrogens is 208 g/mol. The van der Waals surface area contributed by atoms with Gasteiger partial charge in [-0.15, -0.1) is 11.3 Å². The van der Waals surface area contributed by atoms with Crippen LogP contribution in [0.2, 0.25) is 0 Å². The fourth-order valence-electron chi connectivity index (χ4n) is 1.24. The van der Waals surface area contributed by atoms with E-state index >= 15 is 0 Å². The first-order valence-corrected chi connectivity index (χ1v) is 5.46. The molecule has 1 aromatic heterocycles. The Morgan fingerprint density at radius 2 is 2.33 bits per heavy atom. The number of carbonyl (C=O) groups is 1. The van der Waals surface area contributed by atoms with E-state index in [0.717, 1.165) is 11.3 Å². The van der Waals surface area contributed by atoms with Crippen molar-refractivity contribution in [2.45, 2.75) is 6.92 Å². The van der Waals surface area contributed by atoms with Gasteiger partial charge in [-0.05, 0) is 24.6 Å². The number of rotatable bonds is 2. The summed E-state index contributed by atoms with van der Waals surface area (Å²) >= 11 is 1.41. The van der Waals surface area contributed by atoms with Gasteiger partial charge in [0, 0.05) is 11.1 Å². The maximum atomic E-state index is 11.6. The van der Waals surface area contributed by atoms with E-state index in [1.807, 2.05) is 31.2 Å². The molecule has 4 heteroatoms. The van der Waals surface area contributed by atoms with E-state index in [0.29, 0.717) is 5.69 Å². The van der Waals surface area contributed by atoms with Gasteiger partial charge in [0.05, 0.1) is 5.51 Å². The number of thiazole rings is 1. The van der Waals surface area contributed by atoms with Gasteiger partial charge in [-0.3, -0.25) is 4.79 Å². The second-order valence-electron chi connectivity index (χ2n) is 3.20. The molecule has 1 aromatic carbocycles. The minimum atomic E-state index is -0.165. The molecule has 0 aliphatic carbocycles. The first-order valence-electron chi connectivity index (χ1n) is 4.52. The van der Waals surface area contributed by atoms with Crippen molar-refractivity contribution in [3.05, 3.63) is 46.4 Å². The Morgan fingerprint density at radius 3 is 3.00 bits per heavy atom. The lowest BCUT2D eigenvalue weighted by molar-refractivity contribution is 0.102. The van der Waals surface area contributed by atoms with E-state index in [4.69, 9.17) is 0 Å². The summed E-state index contributed by atoms with van der Waals surface area (Å²) in [7, 11) is 0. The third-order valence-electron chi connectivity index (χ3n) is 1.94. The Kier molecular flexibility index (Phi) is 2.78. The summed E-state index contributed by atoms with van der Waals surface area (Å²) in [6.07, 6.45) is 0. The van der Waals surface area contributed by atoms with Crippen molar-refractivity contribution in [2.75, 3.05) is 5.32 Å². The summed E-state index contributed by atoms with van der Waals surface area (Å²) in [4.78, 5) is 15.6. The van der Waals surface area contributed by atoms with Crippen molar-refractivity contribution in [3.63, 3.8) is 0 Å². The summed E-state index contributed by atoms with van der Waals surface area (Å²) in [5.74, 6) is -0.165. The fraction of sp³-hybridized carbons (Fsp3) is 0.0909. The van der Waals surface area contributed by atoms with Crippen LogP contribution in [0.25, 0.3) is 0 Å². The van der Waals surface area contributed by atoms with Gasteiger partial charge >= 0.3 is 0 Å². The Labute approximate surface area is 91.8 Å². The van der Waals surface area contributed by atoms with Gasteiger partial charge in [0.1, 0.15) is 5.69 Å². The van der Waals surface area contributed by atoms with Crippen molar-refractivity contribution in [1.82, 2.24) is 4.98 Å². The largest absolute Gasteiger partial charge is 0.321 e. The highest BCUT2D eigenvalue weighted by Gasteiger charge is 2.07. The summed E-state index contributed by atoms with van der Waals surface area (Å²) < 4.78 is 0. The van der Waals surface area contributed by atoms with Crippen LogP contribution in [-0.2, 0) is 0 Å². The van der Waals surface area contributed by atoms with Crippen molar-refractivity contribution in [3.8, 4) is 0 Å². The number of anilines is 1. The molecule has 0 radical (unpaired) electrons. The maximum absolute atomic E-state index is 11.6. The van der Waals surface area contributed by atoms with Gasteiger partial charge in [0.2, 0.25) is 0 Å². The van der Waals surface area contributed by atoms with Crippen molar-refractivity contribution in [1.29, 1.82) is 0 Å². The number of amides is 1. The molecule has 1 heterocycles. The molecule has 1 N–H and O–H groups in total.